The van der Waals surface area contributed by atoms with Crippen LogP contribution < -0.4 is 15.1 Å². The second kappa shape index (κ2) is 35.4. The average molecular weight is 1310 g/mol. The van der Waals surface area contributed by atoms with Crippen LogP contribution in [-0.4, -0.2) is 203 Å². The standard InChI is InChI=1S/C70H102N8O16/c1-12-71-65(85)51-38-74-68(75-39-51)76-28-29-77(52(40-76)41-79)69-72-36-50(37-73-69)23-26-60(81)92-56-25-22-49(33-59(56)90-10)32-45(5)58-35-55(80)44(4)31-47(7)62(83)63(91-11)61(82)46(6)30-42(2)18-14-13-15-19-43(3)57(89-9)34-53-24-21-48(8)70(88,94-53)64(84)66(86)78-27-17-16-20-54(78)67(87)93-58/h13-15,18-19,31,36-39,42,44-46,48-49,52-54,56-59,62-63,79,83,88H,12,16-17,20-30,32-35,40-41H2,1-11H3,(H,71,85)/b15-13+,18-14+,43-19+,47-31+/t42-,44-,45-,46-,48-,49+,52?,53+,54+,56-,57+,58+,59-,62-,63+,70-/m1/s1. The number of ketones is 3. The highest BCUT2D eigenvalue weighted by Crippen LogP contribution is 2.39. The minimum atomic E-state index is -2.48. The Morgan fingerprint density at radius 1 is 0.809 bits per heavy atom. The van der Waals surface area contributed by atoms with E-state index in [2.05, 4.69) is 25.3 Å². The first kappa shape index (κ1) is 74.7. The molecule has 2 aromatic heterocycles. The number of piperazine rings is 1. The molecule has 0 radical (unpaired) electrons. The molecule has 7 rings (SSSR count). The van der Waals surface area contributed by atoms with Crippen molar-refractivity contribution in [1.29, 1.82) is 0 Å². The molecule has 1 saturated carbocycles. The molecule has 4 fully saturated rings. The Kier molecular flexibility index (Phi) is 28.1. The number of rotatable bonds is 15. The van der Waals surface area contributed by atoms with Crippen LogP contribution in [0.15, 0.2) is 72.4 Å². The lowest BCUT2D eigenvalue weighted by Gasteiger charge is -2.42. The predicted octanol–water partition coefficient (Wildman–Crippen LogP) is 6.38. The van der Waals surface area contributed by atoms with E-state index in [0.717, 1.165) is 11.1 Å². The van der Waals surface area contributed by atoms with E-state index in [9.17, 15) is 48.9 Å². The van der Waals surface area contributed by atoms with Crippen molar-refractivity contribution in [3.05, 3.63) is 83.5 Å². The quantitative estimate of drug-likeness (QED) is 0.0854. The number of hydrogen-bond donors (Lipinski definition) is 4. The summed E-state index contributed by atoms with van der Waals surface area (Å²) in [5.41, 5.74) is 2.28. The summed E-state index contributed by atoms with van der Waals surface area (Å²) in [6, 6.07) is -1.57. The number of cyclic esters (lactones) is 1. The second-order valence-corrected chi connectivity index (χ2v) is 26.5. The lowest BCUT2D eigenvalue weighted by Crippen LogP contribution is -2.61. The minimum absolute atomic E-state index is 0.0158. The minimum Gasteiger partial charge on any atom is -0.460 e. The van der Waals surface area contributed by atoms with Gasteiger partial charge in [0.2, 0.25) is 17.7 Å². The Hall–Kier alpha value is -6.67. The van der Waals surface area contributed by atoms with Crippen LogP contribution >= 0.6 is 0 Å². The van der Waals surface area contributed by atoms with Crippen molar-refractivity contribution in [1.82, 2.24) is 30.2 Å². The second-order valence-electron chi connectivity index (χ2n) is 26.5. The fourth-order valence-corrected chi connectivity index (χ4v) is 13.7. The molecule has 518 valence electrons. The van der Waals surface area contributed by atoms with Crippen LogP contribution in [0.1, 0.15) is 155 Å². The van der Waals surface area contributed by atoms with E-state index in [1.807, 2.05) is 67.9 Å². The first-order valence-electron chi connectivity index (χ1n) is 33.7. The Bertz CT molecular complexity index is 3010. The van der Waals surface area contributed by atoms with E-state index in [4.69, 9.17) is 28.4 Å². The number of aliphatic hydroxyl groups excluding tert-OH is 2. The highest BCUT2D eigenvalue weighted by Gasteiger charge is 2.53. The van der Waals surface area contributed by atoms with Crippen LogP contribution in [0.4, 0.5) is 11.9 Å². The maximum Gasteiger partial charge on any atom is 0.329 e. The van der Waals surface area contributed by atoms with Crippen molar-refractivity contribution in [2.45, 2.75) is 206 Å². The third-order valence-electron chi connectivity index (χ3n) is 19.5. The average Bonchev–Trinajstić information content (AvgIpc) is 0.794. The number of carbonyl (C=O) groups is 7. The normalized spacial score (nSPS) is 33.2. The molecule has 5 aliphatic rings. The molecule has 2 aromatic rings. The molecule has 1 unspecified atom stereocenters. The summed E-state index contributed by atoms with van der Waals surface area (Å²) in [6.45, 7) is 16.1. The number of nitrogens with one attached hydrogen (secondary N) is 1. The molecule has 1 aliphatic carbocycles. The van der Waals surface area contributed by atoms with Gasteiger partial charge in [0.05, 0.1) is 36.5 Å². The van der Waals surface area contributed by atoms with Crippen molar-refractivity contribution >= 4 is 53.0 Å². The molecule has 4 aliphatic heterocycles. The van der Waals surface area contributed by atoms with Crippen LogP contribution in [0.25, 0.3) is 0 Å². The van der Waals surface area contributed by atoms with Gasteiger partial charge in [-0.1, -0.05) is 71.1 Å². The topological polar surface area (TPSA) is 309 Å². The van der Waals surface area contributed by atoms with Crippen molar-refractivity contribution < 1.29 is 77.3 Å². The van der Waals surface area contributed by atoms with E-state index in [0.29, 0.717) is 113 Å². The number of amides is 2. The Morgan fingerprint density at radius 2 is 1.53 bits per heavy atom. The fraction of sp³-hybridized carbons (Fsp3) is 0.671. The lowest BCUT2D eigenvalue weighted by molar-refractivity contribution is -0.265. The number of aliphatic hydroxyl groups is 3. The number of methoxy groups -OCH3 is 3. The monoisotopic (exact) mass is 1310 g/mol. The first-order chi connectivity index (χ1) is 44.9. The van der Waals surface area contributed by atoms with Gasteiger partial charge in [-0.2, -0.15) is 0 Å². The predicted molar refractivity (Wildman–Crippen MR) is 350 cm³/mol. The number of anilines is 2. The largest absolute Gasteiger partial charge is 0.460 e. The Balaban J connectivity index is 1.03. The fourth-order valence-electron chi connectivity index (χ4n) is 13.7. The third-order valence-corrected chi connectivity index (χ3v) is 19.5. The number of hydrogen-bond acceptors (Lipinski definition) is 22. The van der Waals surface area contributed by atoms with Gasteiger partial charge in [-0.25, -0.2) is 24.7 Å². The highest BCUT2D eigenvalue weighted by atomic mass is 16.6. The molecule has 16 atom stereocenters. The molecule has 3 saturated heterocycles. The maximum absolute atomic E-state index is 14.8. The molecule has 2 amide bonds. The molecule has 0 aromatic carbocycles. The molecule has 2 bridgehead atoms. The summed E-state index contributed by atoms with van der Waals surface area (Å²) < 4.78 is 36.1. The van der Waals surface area contributed by atoms with E-state index in [-0.39, 0.29) is 74.2 Å². The smallest absolute Gasteiger partial charge is 0.329 e. The van der Waals surface area contributed by atoms with Crippen LogP contribution in [0.2, 0.25) is 0 Å². The summed E-state index contributed by atoms with van der Waals surface area (Å²) in [4.78, 5) is 121. The van der Waals surface area contributed by atoms with Gasteiger partial charge in [-0.05, 0) is 126 Å². The van der Waals surface area contributed by atoms with Gasteiger partial charge in [-0.3, -0.25) is 28.8 Å². The van der Waals surface area contributed by atoms with Gasteiger partial charge in [0.25, 0.3) is 17.6 Å². The van der Waals surface area contributed by atoms with Gasteiger partial charge in [-0.15, -0.1) is 0 Å². The summed E-state index contributed by atoms with van der Waals surface area (Å²) in [5, 5.41) is 36.9. The van der Waals surface area contributed by atoms with Crippen LogP contribution in [0.5, 0.6) is 0 Å². The van der Waals surface area contributed by atoms with Crippen molar-refractivity contribution in [2.75, 3.05) is 70.5 Å². The number of esters is 2. The van der Waals surface area contributed by atoms with Gasteiger partial charge in [0.1, 0.15) is 36.2 Å². The number of Topliss-reactive ketones (excluding diaryl/α,β-unsaturated/α-hetero) is 3. The van der Waals surface area contributed by atoms with Gasteiger partial charge >= 0.3 is 11.9 Å². The summed E-state index contributed by atoms with van der Waals surface area (Å²) >= 11 is 0. The molecule has 24 heteroatoms. The number of carbonyl (C=O) groups excluding carboxylic acids is 7. The molecule has 6 heterocycles. The van der Waals surface area contributed by atoms with E-state index < -0.39 is 102 Å². The van der Waals surface area contributed by atoms with Crippen LogP contribution in [0.3, 0.4) is 0 Å². The first-order valence-corrected chi connectivity index (χ1v) is 33.7. The summed E-state index contributed by atoms with van der Waals surface area (Å²) in [6.07, 6.45) is 16.7. The molecular formula is C70H102N8O16. The number of piperidine rings is 1. The van der Waals surface area contributed by atoms with E-state index >= 15 is 0 Å². The number of allylic oxidation sites excluding steroid dienone is 6. The number of aromatic nitrogens is 4. The third kappa shape index (κ3) is 19.5. The van der Waals surface area contributed by atoms with E-state index in [1.165, 1.54) is 24.4 Å². The highest BCUT2D eigenvalue weighted by molar-refractivity contribution is 6.39. The zero-order valence-corrected chi connectivity index (χ0v) is 56.9. The number of nitrogens with zero attached hydrogens (tertiary/aromatic N) is 7. The Morgan fingerprint density at radius 3 is 2.21 bits per heavy atom. The summed E-state index contributed by atoms with van der Waals surface area (Å²) in [5.74, 6) is -8.44. The van der Waals surface area contributed by atoms with Gasteiger partial charge < -0.3 is 63.8 Å². The van der Waals surface area contributed by atoms with Crippen LogP contribution in [0, 0.1) is 35.5 Å². The van der Waals surface area contributed by atoms with E-state index in [1.54, 1.807) is 60.4 Å². The van der Waals surface area contributed by atoms with Crippen molar-refractivity contribution in [3.63, 3.8) is 0 Å². The molecular weight excluding hydrogens is 1210 g/mol. The maximum atomic E-state index is 14.8. The zero-order valence-electron chi connectivity index (χ0n) is 56.9. The molecule has 24 nitrogen and oxygen atoms in total. The van der Waals surface area contributed by atoms with Gasteiger partial charge in [0, 0.05) is 116 Å². The molecule has 0 spiro atoms. The van der Waals surface area contributed by atoms with Gasteiger partial charge in [0.15, 0.2) is 5.78 Å². The lowest BCUT2D eigenvalue weighted by atomic mass is 9.78. The zero-order chi connectivity index (χ0) is 68.4. The SMILES string of the molecule is CCNC(=O)c1cnc(N2CCN(c3ncc(CCC(=O)O[C@@H]4CC[C@@H](C[C@@H](C)[C@@H]5CC(=O)[C@H](C)/C=C(\C)[C@@H](O)[C@@H](OC)C(=O)[C@H](C)C[C@H](C)/C=C/C=C/C=C(\C)[C@@H](OC)C[C@@H]6CC[C@@H](C)[C@@](O)(O6)C(=O)C(=O)N6CCCC[C@H]6C(=O)O5)C[C@H]4OC)cn3)C(CO)C2)nc1. The molecule has 4 N–H and O–H groups in total. The van der Waals surface area contributed by atoms with Crippen LogP contribution in [-0.2, 0) is 63.6 Å². The number of aryl methyl sites for hydroxylation is 1. The number of fused-ring (bicyclic) bond motifs is 3. The molecule has 94 heavy (non-hydrogen) atoms. The Labute approximate surface area is 553 Å². The van der Waals surface area contributed by atoms with Crippen molar-refractivity contribution in [3.8, 4) is 0 Å². The number of ether oxygens (including phenoxy) is 6. The van der Waals surface area contributed by atoms with Crippen molar-refractivity contribution in [2.24, 2.45) is 35.5 Å². The summed E-state index contributed by atoms with van der Waals surface area (Å²) in [7, 11) is 4.50.